The van der Waals surface area contributed by atoms with Crippen LogP contribution in [0.5, 0.6) is 0 Å². The Balaban J connectivity index is 1.44. The van der Waals surface area contributed by atoms with Gasteiger partial charge in [0.15, 0.2) is 0 Å². The fourth-order valence-corrected chi connectivity index (χ4v) is 5.00. The van der Waals surface area contributed by atoms with Crippen LogP contribution in [0.1, 0.15) is 30.0 Å². The maximum absolute atomic E-state index is 13.8. The molecule has 0 atom stereocenters. The molecule has 6 heteroatoms. The average molecular weight is 459 g/mol. The van der Waals surface area contributed by atoms with E-state index in [4.69, 9.17) is 5.11 Å². The molecule has 1 saturated heterocycles. The number of hydrogen-bond donors (Lipinski definition) is 1. The van der Waals surface area contributed by atoms with Gasteiger partial charge in [-0.2, -0.15) is 0 Å². The second-order valence-electron chi connectivity index (χ2n) is 7.71. The van der Waals surface area contributed by atoms with Crippen molar-refractivity contribution in [2.24, 2.45) is 0 Å². The first-order chi connectivity index (χ1) is 14.0. The number of carboxylic acid groups (broad SMARTS) is 1. The number of aliphatic carboxylic acids is 1. The maximum atomic E-state index is 13.8. The van der Waals surface area contributed by atoms with E-state index >= 15 is 0 Å². The molecule has 2 heterocycles. The van der Waals surface area contributed by atoms with Gasteiger partial charge in [-0.3, -0.25) is 4.79 Å². The lowest BCUT2D eigenvalue weighted by Crippen LogP contribution is -2.36. The first-order valence-corrected chi connectivity index (χ1v) is 10.8. The number of hydrogen-bond acceptors (Lipinski definition) is 2. The zero-order valence-electron chi connectivity index (χ0n) is 16.2. The normalized spacial score (nSPS) is 15.8. The van der Waals surface area contributed by atoms with Crippen LogP contribution < -0.4 is 0 Å². The standard InChI is InChI=1S/C23H24BrFN2O2/c24-22-15-18-6-5-16(14-23(28)29)13-21(18)27(22)19-8-11-26(12-9-19)10-7-17-3-1-2-4-20(17)25/h1-6,13,15,19H,7-12,14H2,(H,28,29). The number of carboxylic acids is 1. The largest absolute Gasteiger partial charge is 0.481 e. The van der Waals surface area contributed by atoms with Gasteiger partial charge in [0, 0.05) is 36.6 Å². The summed E-state index contributed by atoms with van der Waals surface area (Å²) in [4.78, 5) is 13.5. The Morgan fingerprint density at radius 1 is 1.14 bits per heavy atom. The summed E-state index contributed by atoms with van der Waals surface area (Å²) in [7, 11) is 0. The van der Waals surface area contributed by atoms with Crippen LogP contribution in [0.4, 0.5) is 4.39 Å². The zero-order chi connectivity index (χ0) is 20.4. The highest BCUT2D eigenvalue weighted by molar-refractivity contribution is 9.10. The Hall–Kier alpha value is -2.18. The molecule has 0 aliphatic carbocycles. The van der Waals surface area contributed by atoms with E-state index in [0.717, 1.165) is 65.5 Å². The highest BCUT2D eigenvalue weighted by Gasteiger charge is 2.23. The van der Waals surface area contributed by atoms with Gasteiger partial charge in [-0.25, -0.2) is 4.39 Å². The van der Waals surface area contributed by atoms with Crippen LogP contribution in [0.25, 0.3) is 10.9 Å². The topological polar surface area (TPSA) is 45.5 Å². The summed E-state index contributed by atoms with van der Waals surface area (Å²) in [5.41, 5.74) is 2.68. The molecule has 152 valence electrons. The number of halogens is 2. The van der Waals surface area contributed by atoms with Crippen molar-refractivity contribution >= 4 is 32.8 Å². The third-order valence-electron chi connectivity index (χ3n) is 5.79. The van der Waals surface area contributed by atoms with Crippen LogP contribution in [-0.4, -0.2) is 40.2 Å². The number of likely N-dealkylation sites (tertiary alicyclic amines) is 1. The second kappa shape index (κ2) is 8.67. The van der Waals surface area contributed by atoms with E-state index in [1.165, 1.54) is 6.07 Å². The summed E-state index contributed by atoms with van der Waals surface area (Å²) in [5, 5.41) is 10.2. The third-order valence-corrected chi connectivity index (χ3v) is 6.40. The first-order valence-electron chi connectivity index (χ1n) is 9.98. The Morgan fingerprint density at radius 2 is 1.90 bits per heavy atom. The van der Waals surface area contributed by atoms with Crippen molar-refractivity contribution < 1.29 is 14.3 Å². The van der Waals surface area contributed by atoms with Crippen molar-refractivity contribution in [3.8, 4) is 0 Å². The molecule has 0 bridgehead atoms. The molecule has 1 N–H and O–H groups in total. The van der Waals surface area contributed by atoms with Gasteiger partial charge in [-0.1, -0.05) is 30.3 Å². The number of aromatic nitrogens is 1. The lowest BCUT2D eigenvalue weighted by molar-refractivity contribution is -0.136. The molecule has 29 heavy (non-hydrogen) atoms. The third kappa shape index (κ3) is 4.54. The smallest absolute Gasteiger partial charge is 0.307 e. The molecular weight excluding hydrogens is 435 g/mol. The van der Waals surface area contributed by atoms with E-state index < -0.39 is 5.97 Å². The number of nitrogens with zero attached hydrogens (tertiary/aromatic N) is 2. The zero-order valence-corrected chi connectivity index (χ0v) is 17.7. The summed E-state index contributed by atoms with van der Waals surface area (Å²) in [6.07, 6.45) is 2.80. The molecule has 0 radical (unpaired) electrons. The summed E-state index contributed by atoms with van der Waals surface area (Å²) in [6, 6.07) is 15.4. The molecule has 4 nitrogen and oxygen atoms in total. The van der Waals surface area contributed by atoms with E-state index in [9.17, 15) is 9.18 Å². The predicted molar refractivity (Wildman–Crippen MR) is 116 cm³/mol. The summed E-state index contributed by atoms with van der Waals surface area (Å²) >= 11 is 3.70. The van der Waals surface area contributed by atoms with Crippen LogP contribution in [0, 0.1) is 5.82 Å². The van der Waals surface area contributed by atoms with Gasteiger partial charge < -0.3 is 14.6 Å². The molecule has 0 saturated carbocycles. The molecule has 2 aromatic carbocycles. The summed E-state index contributed by atoms with van der Waals surface area (Å²) < 4.78 is 17.2. The van der Waals surface area contributed by atoms with Gasteiger partial charge in [0.25, 0.3) is 0 Å². The van der Waals surface area contributed by atoms with Gasteiger partial charge in [0.05, 0.1) is 11.0 Å². The van der Waals surface area contributed by atoms with Crippen LogP contribution in [0.3, 0.4) is 0 Å². The van der Waals surface area contributed by atoms with Crippen LogP contribution >= 0.6 is 15.9 Å². The summed E-state index contributed by atoms with van der Waals surface area (Å²) in [6.45, 7) is 2.81. The molecule has 0 amide bonds. The minimum absolute atomic E-state index is 0.0349. The van der Waals surface area contributed by atoms with E-state index in [1.807, 2.05) is 30.3 Å². The van der Waals surface area contributed by atoms with Crippen LogP contribution in [-0.2, 0) is 17.6 Å². The van der Waals surface area contributed by atoms with E-state index in [1.54, 1.807) is 6.07 Å². The predicted octanol–water partition coefficient (Wildman–Crippen LogP) is 5.05. The molecule has 1 aliphatic heterocycles. The minimum atomic E-state index is -0.815. The van der Waals surface area contributed by atoms with E-state index in [2.05, 4.69) is 31.5 Å². The Bertz CT molecular complexity index is 1020. The number of piperidine rings is 1. The number of rotatable bonds is 6. The maximum Gasteiger partial charge on any atom is 0.307 e. The molecule has 0 unspecified atom stereocenters. The van der Waals surface area contributed by atoms with Gasteiger partial charge in [0.2, 0.25) is 0 Å². The number of carbonyl (C=O) groups is 1. The van der Waals surface area contributed by atoms with Crippen molar-refractivity contribution in [2.45, 2.75) is 31.7 Å². The Morgan fingerprint density at radius 3 is 2.62 bits per heavy atom. The van der Waals surface area contributed by atoms with Gasteiger partial charge in [0.1, 0.15) is 5.82 Å². The molecule has 1 aromatic heterocycles. The molecule has 3 aromatic rings. The molecule has 1 aliphatic rings. The van der Waals surface area contributed by atoms with Crippen molar-refractivity contribution in [1.82, 2.24) is 9.47 Å². The monoisotopic (exact) mass is 458 g/mol. The van der Waals surface area contributed by atoms with Crippen LogP contribution in [0.15, 0.2) is 53.1 Å². The van der Waals surface area contributed by atoms with Crippen LogP contribution in [0.2, 0.25) is 0 Å². The second-order valence-corrected chi connectivity index (χ2v) is 8.53. The fraction of sp³-hybridized carbons (Fsp3) is 0.348. The van der Waals surface area contributed by atoms with Gasteiger partial charge >= 0.3 is 5.97 Å². The Kier molecular flexibility index (Phi) is 6.01. The fourth-order valence-electron chi connectivity index (χ4n) is 4.27. The van der Waals surface area contributed by atoms with E-state index in [0.29, 0.717) is 6.04 Å². The van der Waals surface area contributed by atoms with Gasteiger partial charge in [-0.05, 0) is 64.5 Å². The van der Waals surface area contributed by atoms with E-state index in [-0.39, 0.29) is 12.2 Å². The minimum Gasteiger partial charge on any atom is -0.481 e. The molecule has 1 fully saturated rings. The Labute approximate surface area is 178 Å². The SMILES string of the molecule is O=C(O)Cc1ccc2cc(Br)n(C3CCN(CCc4ccccc4F)CC3)c2c1. The summed E-state index contributed by atoms with van der Waals surface area (Å²) in [5.74, 6) is -0.938. The molecule has 4 rings (SSSR count). The lowest BCUT2D eigenvalue weighted by Gasteiger charge is -2.33. The molecular formula is C23H24BrFN2O2. The van der Waals surface area contributed by atoms with Crippen molar-refractivity contribution in [2.75, 3.05) is 19.6 Å². The van der Waals surface area contributed by atoms with Crippen molar-refractivity contribution in [3.05, 3.63) is 70.1 Å². The lowest BCUT2D eigenvalue weighted by atomic mass is 10.0. The quantitative estimate of drug-likeness (QED) is 0.561. The van der Waals surface area contributed by atoms with Gasteiger partial charge in [-0.15, -0.1) is 0 Å². The van der Waals surface area contributed by atoms with Crippen molar-refractivity contribution in [3.63, 3.8) is 0 Å². The average Bonchev–Trinajstić information content (AvgIpc) is 3.02. The first kappa shape index (κ1) is 20.1. The number of fused-ring (bicyclic) bond motifs is 1. The highest BCUT2D eigenvalue weighted by atomic mass is 79.9. The number of benzene rings is 2. The molecule has 0 spiro atoms. The van der Waals surface area contributed by atoms with Crippen molar-refractivity contribution in [1.29, 1.82) is 0 Å². The highest BCUT2D eigenvalue weighted by Crippen LogP contribution is 2.33.